The Morgan fingerprint density at radius 2 is 2.25 bits per heavy atom. The monoisotopic (exact) mass is 179 g/mol. The highest BCUT2D eigenvalue weighted by Crippen LogP contribution is 2.19. The fourth-order valence-corrected chi connectivity index (χ4v) is 2.26. The number of hydrogen-bond donors (Lipinski definition) is 1. The van der Waals surface area contributed by atoms with Gasteiger partial charge in [0.15, 0.2) is 5.01 Å². The molecule has 2 heterocycles. The average Bonchev–Trinajstić information content (AvgIpc) is 2.37. The van der Waals surface area contributed by atoms with Crippen LogP contribution in [0.5, 0.6) is 0 Å². The van der Waals surface area contributed by atoms with E-state index in [2.05, 4.69) is 16.4 Å². The van der Waals surface area contributed by atoms with Crippen LogP contribution in [0.25, 0.3) is 0 Å². The predicted molar refractivity (Wildman–Crippen MR) is 47.1 cm³/mol. The third kappa shape index (κ3) is 1.33. The van der Waals surface area contributed by atoms with Crippen molar-refractivity contribution in [2.45, 2.75) is 12.8 Å². The van der Waals surface area contributed by atoms with Crippen LogP contribution in [0.2, 0.25) is 0 Å². The molecular weight excluding hydrogens is 170 g/mol. The highest BCUT2D eigenvalue weighted by molar-refractivity contribution is 7.12. The van der Waals surface area contributed by atoms with Crippen molar-refractivity contribution in [2.75, 3.05) is 13.1 Å². The van der Waals surface area contributed by atoms with Crippen LogP contribution in [-0.4, -0.2) is 18.1 Å². The van der Waals surface area contributed by atoms with Gasteiger partial charge < -0.3 is 5.32 Å². The lowest BCUT2D eigenvalue weighted by Crippen LogP contribution is -2.16. The molecule has 4 heteroatoms. The minimum absolute atomic E-state index is 0.613. The summed E-state index contributed by atoms with van der Waals surface area (Å²) in [5.41, 5.74) is 1.13. The molecule has 0 spiro atoms. The second-order valence-electron chi connectivity index (χ2n) is 2.75. The van der Waals surface area contributed by atoms with Gasteiger partial charge in [0.05, 0.1) is 5.69 Å². The molecule has 1 aliphatic rings. The molecule has 0 atom stereocenters. The van der Waals surface area contributed by atoms with Crippen LogP contribution in [0.3, 0.4) is 0 Å². The van der Waals surface area contributed by atoms with Crippen LogP contribution in [-0.2, 0) is 12.8 Å². The molecule has 0 aromatic carbocycles. The molecule has 1 aromatic rings. The van der Waals surface area contributed by atoms with Crippen LogP contribution in [0.15, 0.2) is 0 Å². The normalized spacial score (nSPS) is 16.2. The van der Waals surface area contributed by atoms with Gasteiger partial charge in [0, 0.05) is 24.4 Å². The van der Waals surface area contributed by atoms with Crippen LogP contribution in [0.4, 0.5) is 0 Å². The van der Waals surface area contributed by atoms with Gasteiger partial charge in [-0.3, -0.25) is 0 Å². The largest absolute Gasteiger partial charge is 0.316 e. The zero-order valence-corrected chi connectivity index (χ0v) is 7.45. The zero-order valence-electron chi connectivity index (χ0n) is 6.63. The van der Waals surface area contributed by atoms with E-state index in [4.69, 9.17) is 5.26 Å². The molecule has 1 N–H and O–H groups in total. The van der Waals surface area contributed by atoms with Gasteiger partial charge in [-0.2, -0.15) is 5.26 Å². The number of fused-ring (bicyclic) bond motifs is 1. The van der Waals surface area contributed by atoms with Crippen molar-refractivity contribution in [3.8, 4) is 6.07 Å². The molecule has 62 valence electrons. The van der Waals surface area contributed by atoms with Crippen LogP contribution in [0, 0.1) is 11.3 Å². The Morgan fingerprint density at radius 1 is 1.42 bits per heavy atom. The Bertz CT molecular complexity index is 300. The summed E-state index contributed by atoms with van der Waals surface area (Å²) >= 11 is 1.54. The average molecular weight is 179 g/mol. The first-order valence-electron chi connectivity index (χ1n) is 3.99. The highest BCUT2D eigenvalue weighted by atomic mass is 32.1. The minimum atomic E-state index is 0.613. The number of aromatic nitrogens is 1. The molecule has 0 saturated heterocycles. The minimum Gasteiger partial charge on any atom is -0.316 e. The maximum absolute atomic E-state index is 8.64. The first-order valence-corrected chi connectivity index (χ1v) is 4.81. The second-order valence-corrected chi connectivity index (χ2v) is 3.83. The predicted octanol–water partition coefficient (Wildman–Crippen LogP) is 0.703. The van der Waals surface area contributed by atoms with E-state index in [-0.39, 0.29) is 0 Å². The van der Waals surface area contributed by atoms with Crippen molar-refractivity contribution in [3.63, 3.8) is 0 Å². The van der Waals surface area contributed by atoms with E-state index in [1.165, 1.54) is 16.2 Å². The molecule has 0 saturated carbocycles. The van der Waals surface area contributed by atoms with Gasteiger partial charge in [-0.05, 0) is 6.42 Å². The van der Waals surface area contributed by atoms with E-state index in [1.54, 1.807) is 0 Å². The molecule has 0 radical (unpaired) electrons. The van der Waals surface area contributed by atoms with Gasteiger partial charge in [0.2, 0.25) is 0 Å². The van der Waals surface area contributed by atoms with Gasteiger partial charge in [-0.1, -0.05) is 0 Å². The third-order valence-electron chi connectivity index (χ3n) is 1.94. The summed E-state index contributed by atoms with van der Waals surface area (Å²) in [4.78, 5) is 5.54. The fourth-order valence-electron chi connectivity index (χ4n) is 1.36. The van der Waals surface area contributed by atoms with Gasteiger partial charge in [0.25, 0.3) is 0 Å². The molecule has 0 unspecified atom stereocenters. The lowest BCUT2D eigenvalue weighted by Gasteiger charge is -1.93. The number of nitriles is 1. The maximum Gasteiger partial charge on any atom is 0.194 e. The van der Waals surface area contributed by atoms with Crippen molar-refractivity contribution >= 4 is 11.3 Å². The number of hydrogen-bond acceptors (Lipinski definition) is 4. The van der Waals surface area contributed by atoms with E-state index in [9.17, 15) is 0 Å². The molecule has 12 heavy (non-hydrogen) atoms. The SMILES string of the molecule is N#Cc1nc2c(s1)CCNCC2. The zero-order chi connectivity index (χ0) is 8.39. The Labute approximate surface area is 75.1 Å². The van der Waals surface area contributed by atoms with Gasteiger partial charge in [0.1, 0.15) is 6.07 Å². The molecule has 0 aliphatic carbocycles. The van der Waals surface area contributed by atoms with Crippen LogP contribution >= 0.6 is 11.3 Å². The lowest BCUT2D eigenvalue weighted by atomic mass is 10.2. The number of thiazole rings is 1. The standard InChI is InChI=1S/C8H9N3S/c9-5-8-11-6-1-3-10-4-2-7(6)12-8/h10H,1-4H2. The summed E-state index contributed by atoms with van der Waals surface area (Å²) in [6.07, 6.45) is 1.99. The van der Waals surface area contributed by atoms with Crippen molar-refractivity contribution in [1.29, 1.82) is 5.26 Å². The Balaban J connectivity index is 2.34. The summed E-state index contributed by atoms with van der Waals surface area (Å²) in [6.45, 7) is 2.00. The molecule has 1 aliphatic heterocycles. The molecule has 1 aromatic heterocycles. The molecule has 3 nitrogen and oxygen atoms in total. The molecule has 2 rings (SSSR count). The molecule has 0 bridgehead atoms. The van der Waals surface area contributed by atoms with E-state index in [1.807, 2.05) is 0 Å². The summed E-state index contributed by atoms with van der Waals surface area (Å²) in [7, 11) is 0. The fraction of sp³-hybridized carbons (Fsp3) is 0.500. The first kappa shape index (κ1) is 7.71. The van der Waals surface area contributed by atoms with Gasteiger partial charge in [-0.25, -0.2) is 4.98 Å². The Kier molecular flexibility index (Phi) is 2.07. The van der Waals surface area contributed by atoms with E-state index in [0.717, 1.165) is 31.6 Å². The van der Waals surface area contributed by atoms with Crippen LogP contribution in [0.1, 0.15) is 15.6 Å². The van der Waals surface area contributed by atoms with Gasteiger partial charge in [-0.15, -0.1) is 11.3 Å². The number of nitrogens with one attached hydrogen (secondary N) is 1. The molecule has 0 fully saturated rings. The van der Waals surface area contributed by atoms with Gasteiger partial charge >= 0.3 is 0 Å². The topological polar surface area (TPSA) is 48.7 Å². The highest BCUT2D eigenvalue weighted by Gasteiger charge is 2.12. The quantitative estimate of drug-likeness (QED) is 0.638. The number of rotatable bonds is 0. The number of nitrogens with zero attached hydrogens (tertiary/aromatic N) is 2. The Morgan fingerprint density at radius 3 is 3.08 bits per heavy atom. The van der Waals surface area contributed by atoms with E-state index < -0.39 is 0 Å². The smallest absolute Gasteiger partial charge is 0.194 e. The molecule has 0 amide bonds. The maximum atomic E-state index is 8.64. The van der Waals surface area contributed by atoms with Crippen molar-refractivity contribution in [1.82, 2.24) is 10.3 Å². The Hall–Kier alpha value is -0.920. The third-order valence-corrected chi connectivity index (χ3v) is 3.00. The van der Waals surface area contributed by atoms with Crippen molar-refractivity contribution < 1.29 is 0 Å². The van der Waals surface area contributed by atoms with Crippen LogP contribution < -0.4 is 5.32 Å². The second kappa shape index (κ2) is 3.21. The lowest BCUT2D eigenvalue weighted by molar-refractivity contribution is 0.708. The summed E-state index contributed by atoms with van der Waals surface area (Å²) in [5, 5.41) is 12.6. The summed E-state index contributed by atoms with van der Waals surface area (Å²) in [6, 6.07) is 2.09. The summed E-state index contributed by atoms with van der Waals surface area (Å²) < 4.78 is 0. The van der Waals surface area contributed by atoms with E-state index in [0.29, 0.717) is 5.01 Å². The molecular formula is C8H9N3S. The first-order chi connectivity index (χ1) is 5.90. The summed E-state index contributed by atoms with van der Waals surface area (Å²) in [5.74, 6) is 0. The van der Waals surface area contributed by atoms with Crippen molar-refractivity contribution in [3.05, 3.63) is 15.6 Å². The van der Waals surface area contributed by atoms with Crippen molar-refractivity contribution in [2.24, 2.45) is 0 Å². The van der Waals surface area contributed by atoms with E-state index >= 15 is 0 Å².